The molecule has 1 aliphatic heterocycles. The first kappa shape index (κ1) is 18.6. The Labute approximate surface area is 147 Å². The number of hydrogen-bond acceptors (Lipinski definition) is 2. The van der Waals surface area contributed by atoms with Gasteiger partial charge in [0, 0.05) is 12.6 Å². The molecule has 0 aromatic heterocycles. The highest BCUT2D eigenvalue weighted by Gasteiger charge is 2.52. The van der Waals surface area contributed by atoms with Gasteiger partial charge in [0.1, 0.15) is 0 Å². The lowest BCUT2D eigenvalue weighted by molar-refractivity contribution is -0.201. The predicted octanol–water partition coefficient (Wildman–Crippen LogP) is 5.20. The lowest BCUT2D eigenvalue weighted by atomic mass is 9.68. The molecule has 0 aromatic rings. The quantitative estimate of drug-likeness (QED) is 0.648. The van der Waals surface area contributed by atoms with Crippen LogP contribution in [0.2, 0.25) is 0 Å². The van der Waals surface area contributed by atoms with E-state index < -0.39 is 6.17 Å². The van der Waals surface area contributed by atoms with Crippen LogP contribution in [-0.2, 0) is 0 Å². The number of nitrogens with zero attached hydrogens (tertiary/aromatic N) is 2. The molecule has 3 aliphatic rings. The molecule has 1 unspecified atom stereocenters. The molecule has 0 N–H and O–H groups in total. The summed E-state index contributed by atoms with van der Waals surface area (Å²) in [6, 6.07) is 0.0336. The van der Waals surface area contributed by atoms with Crippen LogP contribution in [0.15, 0.2) is 0 Å². The third kappa shape index (κ3) is 3.65. The number of rotatable bonds is 4. The van der Waals surface area contributed by atoms with Crippen molar-refractivity contribution in [3.05, 3.63) is 0 Å². The van der Waals surface area contributed by atoms with Crippen LogP contribution in [0.4, 0.5) is 8.78 Å². The molecule has 1 saturated heterocycles. The van der Waals surface area contributed by atoms with Crippen LogP contribution < -0.4 is 0 Å². The second-order valence-corrected chi connectivity index (χ2v) is 8.81. The van der Waals surface area contributed by atoms with Crippen LogP contribution in [0.25, 0.3) is 0 Å². The fourth-order valence-electron chi connectivity index (χ4n) is 5.80. The zero-order valence-corrected chi connectivity index (χ0v) is 15.8. The van der Waals surface area contributed by atoms with Gasteiger partial charge in [0.25, 0.3) is 0 Å². The summed E-state index contributed by atoms with van der Waals surface area (Å²) in [5.41, 5.74) is 0. The minimum atomic E-state index is -2.76. The Hall–Kier alpha value is -0.220. The lowest BCUT2D eigenvalue weighted by Crippen LogP contribution is -2.45. The average Bonchev–Trinajstić information content (AvgIpc) is 2.79. The molecule has 0 spiro atoms. The Morgan fingerprint density at radius 1 is 0.833 bits per heavy atom. The van der Waals surface area contributed by atoms with Crippen molar-refractivity contribution in [3.63, 3.8) is 0 Å². The van der Waals surface area contributed by atoms with Crippen molar-refractivity contribution in [1.29, 1.82) is 0 Å². The zero-order valence-electron chi connectivity index (χ0n) is 15.8. The summed E-state index contributed by atoms with van der Waals surface area (Å²) < 4.78 is 28.1. The summed E-state index contributed by atoms with van der Waals surface area (Å²) in [4.78, 5) is 2.55. The van der Waals surface area contributed by atoms with E-state index in [0.29, 0.717) is 12.5 Å². The Morgan fingerprint density at radius 3 is 1.79 bits per heavy atom. The third-order valence-electron chi connectivity index (χ3n) is 7.46. The smallest absolute Gasteiger partial charge is 0.232 e. The van der Waals surface area contributed by atoms with Crippen LogP contribution in [0.3, 0.4) is 0 Å². The molecule has 140 valence electrons. The maximum absolute atomic E-state index is 14.1. The Balaban J connectivity index is 1.47. The predicted molar refractivity (Wildman–Crippen MR) is 94.9 cm³/mol. The summed E-state index contributed by atoms with van der Waals surface area (Å²) >= 11 is 0. The number of hydrogen-bond donors (Lipinski definition) is 0. The molecule has 0 aromatic carbocycles. The summed E-state index contributed by atoms with van der Waals surface area (Å²) in [6.07, 6.45) is 10.5. The Morgan fingerprint density at radius 2 is 1.33 bits per heavy atom. The molecule has 24 heavy (non-hydrogen) atoms. The summed E-state index contributed by atoms with van der Waals surface area (Å²) in [6.45, 7) is 2.81. The molecule has 0 bridgehead atoms. The molecule has 2 nitrogen and oxygen atoms in total. The number of alkyl halides is 2. The Kier molecular flexibility index (Phi) is 5.86. The van der Waals surface area contributed by atoms with Gasteiger partial charge >= 0.3 is 6.17 Å². The zero-order chi connectivity index (χ0) is 17.3. The Bertz CT molecular complexity index is 398. The highest BCUT2D eigenvalue weighted by atomic mass is 19.3. The van der Waals surface area contributed by atoms with E-state index in [4.69, 9.17) is 0 Å². The van der Waals surface area contributed by atoms with Gasteiger partial charge in [-0.05, 0) is 76.3 Å². The van der Waals surface area contributed by atoms with E-state index in [1.807, 2.05) is 0 Å². The van der Waals surface area contributed by atoms with Gasteiger partial charge in [-0.3, -0.25) is 0 Å². The van der Waals surface area contributed by atoms with E-state index in [1.54, 1.807) is 14.1 Å². The van der Waals surface area contributed by atoms with Crippen molar-refractivity contribution in [2.75, 3.05) is 20.6 Å². The van der Waals surface area contributed by atoms with Crippen LogP contribution in [0, 0.1) is 23.7 Å². The summed E-state index contributed by atoms with van der Waals surface area (Å²) in [5, 5.41) is 0. The first-order chi connectivity index (χ1) is 11.4. The standard InChI is InChI=1S/C20H36F2N2/c1-4-5-15-6-8-16(9-7-15)17-10-12-18(13-11-17)19-14-23(2)20(21,22)24(19)3/h15-19H,4-14H2,1-3H3. The van der Waals surface area contributed by atoms with Gasteiger partial charge in [-0.15, -0.1) is 0 Å². The molecule has 4 heteroatoms. The summed E-state index contributed by atoms with van der Waals surface area (Å²) in [7, 11) is 3.16. The second-order valence-electron chi connectivity index (χ2n) is 8.81. The monoisotopic (exact) mass is 342 g/mol. The minimum absolute atomic E-state index is 0.0336. The van der Waals surface area contributed by atoms with Gasteiger partial charge in [0.15, 0.2) is 0 Å². The van der Waals surface area contributed by atoms with Crippen LogP contribution in [0.5, 0.6) is 0 Å². The average molecular weight is 343 g/mol. The summed E-state index contributed by atoms with van der Waals surface area (Å²) in [5.74, 6) is 3.23. The van der Waals surface area contributed by atoms with E-state index in [2.05, 4.69) is 6.92 Å². The van der Waals surface area contributed by atoms with Crippen LogP contribution >= 0.6 is 0 Å². The molecule has 1 atom stereocenters. The van der Waals surface area contributed by atoms with Crippen molar-refractivity contribution in [3.8, 4) is 0 Å². The van der Waals surface area contributed by atoms with Gasteiger partial charge in [-0.2, -0.15) is 8.78 Å². The first-order valence-corrected chi connectivity index (χ1v) is 10.3. The van der Waals surface area contributed by atoms with E-state index in [9.17, 15) is 8.78 Å². The van der Waals surface area contributed by atoms with E-state index in [-0.39, 0.29) is 6.04 Å². The van der Waals surface area contributed by atoms with Crippen molar-refractivity contribution >= 4 is 0 Å². The van der Waals surface area contributed by atoms with Gasteiger partial charge in [-0.1, -0.05) is 32.6 Å². The van der Waals surface area contributed by atoms with Crippen molar-refractivity contribution in [2.24, 2.45) is 23.7 Å². The molecular formula is C20H36F2N2. The van der Waals surface area contributed by atoms with E-state index in [1.165, 1.54) is 61.2 Å². The fourth-order valence-corrected chi connectivity index (χ4v) is 5.80. The molecule has 3 fully saturated rings. The van der Waals surface area contributed by atoms with Crippen molar-refractivity contribution < 1.29 is 8.78 Å². The van der Waals surface area contributed by atoms with Crippen LogP contribution in [-0.4, -0.2) is 42.7 Å². The van der Waals surface area contributed by atoms with E-state index in [0.717, 1.165) is 30.6 Å². The topological polar surface area (TPSA) is 6.48 Å². The third-order valence-corrected chi connectivity index (χ3v) is 7.46. The molecule has 0 radical (unpaired) electrons. The number of halogens is 2. The molecule has 1 heterocycles. The van der Waals surface area contributed by atoms with Gasteiger partial charge in [0.2, 0.25) is 0 Å². The van der Waals surface area contributed by atoms with Crippen LogP contribution in [0.1, 0.15) is 71.1 Å². The molecule has 0 amide bonds. The van der Waals surface area contributed by atoms with Crippen molar-refractivity contribution in [1.82, 2.24) is 9.80 Å². The normalized spacial score (nSPS) is 41.6. The maximum atomic E-state index is 14.1. The largest absolute Gasteiger partial charge is 0.369 e. The SMILES string of the molecule is CCCC1CCC(C2CCC(C3CN(C)C(F)(F)N3C)CC2)CC1. The molecule has 2 saturated carbocycles. The molecule has 3 rings (SSSR count). The highest BCUT2D eigenvalue weighted by molar-refractivity contribution is 4.93. The minimum Gasteiger partial charge on any atom is -0.232 e. The van der Waals surface area contributed by atoms with Gasteiger partial charge < -0.3 is 0 Å². The number of likely N-dealkylation sites (N-methyl/N-ethyl adjacent to an activating group) is 2. The molecule has 2 aliphatic carbocycles. The van der Waals surface area contributed by atoms with Gasteiger partial charge in [-0.25, -0.2) is 9.80 Å². The first-order valence-electron chi connectivity index (χ1n) is 10.3. The van der Waals surface area contributed by atoms with Crippen molar-refractivity contribution in [2.45, 2.75) is 83.3 Å². The lowest BCUT2D eigenvalue weighted by Gasteiger charge is -2.40. The van der Waals surface area contributed by atoms with Gasteiger partial charge in [0.05, 0.1) is 0 Å². The molecular weight excluding hydrogens is 306 g/mol. The fraction of sp³-hybridized carbons (Fsp3) is 1.00. The maximum Gasteiger partial charge on any atom is 0.369 e. The second kappa shape index (κ2) is 7.57. The highest BCUT2D eigenvalue weighted by Crippen LogP contribution is 2.45. The van der Waals surface area contributed by atoms with E-state index >= 15 is 0 Å².